The predicted molar refractivity (Wildman–Crippen MR) is 124 cm³/mol. The second-order valence-corrected chi connectivity index (χ2v) is 7.82. The molecule has 7 heteroatoms. The monoisotopic (exact) mass is 406 g/mol. The number of ether oxygens (including phenoxy) is 1. The lowest BCUT2D eigenvalue weighted by molar-refractivity contribution is 0.415. The van der Waals surface area contributed by atoms with Gasteiger partial charge in [-0.2, -0.15) is 0 Å². The molecule has 1 fully saturated rings. The number of piperazine rings is 1. The van der Waals surface area contributed by atoms with E-state index in [1.807, 2.05) is 18.3 Å². The van der Waals surface area contributed by atoms with Gasteiger partial charge in [-0.15, -0.1) is 0 Å². The third-order valence-electron chi connectivity index (χ3n) is 5.39. The van der Waals surface area contributed by atoms with Crippen LogP contribution in [0.2, 0.25) is 0 Å². The van der Waals surface area contributed by atoms with Gasteiger partial charge in [0.05, 0.1) is 12.8 Å². The zero-order chi connectivity index (χ0) is 20.9. The first kappa shape index (κ1) is 20.4. The Labute approximate surface area is 178 Å². The first-order valence-electron chi connectivity index (χ1n) is 10.4. The molecule has 7 nitrogen and oxygen atoms in total. The van der Waals surface area contributed by atoms with Gasteiger partial charge in [-0.1, -0.05) is 6.07 Å². The van der Waals surface area contributed by atoms with Crippen LogP contribution in [0.15, 0.2) is 42.6 Å². The number of rotatable bonds is 7. The average Bonchev–Trinajstić information content (AvgIpc) is 2.78. The van der Waals surface area contributed by atoms with Crippen LogP contribution in [0, 0.1) is 0 Å². The summed E-state index contributed by atoms with van der Waals surface area (Å²) in [6.45, 7) is 5.68. The Balaban J connectivity index is 1.72. The summed E-state index contributed by atoms with van der Waals surface area (Å²) in [5.41, 5.74) is 3.24. The molecule has 0 atom stereocenters. The molecule has 0 bridgehead atoms. The molecule has 1 aromatic heterocycles. The van der Waals surface area contributed by atoms with Crippen LogP contribution < -0.4 is 20.3 Å². The van der Waals surface area contributed by atoms with Crippen molar-refractivity contribution in [1.29, 1.82) is 0 Å². The molecule has 30 heavy (non-hydrogen) atoms. The minimum Gasteiger partial charge on any atom is -0.497 e. The number of benzene rings is 2. The third kappa shape index (κ3) is 4.63. The van der Waals surface area contributed by atoms with Gasteiger partial charge in [-0.05, 0) is 49.8 Å². The largest absolute Gasteiger partial charge is 0.497 e. The summed E-state index contributed by atoms with van der Waals surface area (Å²) in [4.78, 5) is 13.7. The summed E-state index contributed by atoms with van der Waals surface area (Å²) in [7, 11) is 5.83. The summed E-state index contributed by atoms with van der Waals surface area (Å²) in [6.07, 6.45) is 1.82. The standard InChI is InChI=1S/C23H30N6O/c1-28(2)11-10-26-23-25-7-6-21(27-23)18-14-17-4-5-19(30-3)16-20(17)22(15-18)29-12-8-24-9-13-29/h4-7,14-16,24H,8-13H2,1-3H3,(H,25,26,27). The first-order valence-corrected chi connectivity index (χ1v) is 10.4. The summed E-state index contributed by atoms with van der Waals surface area (Å²) in [5.74, 6) is 1.54. The van der Waals surface area contributed by atoms with E-state index in [2.05, 4.69) is 63.8 Å². The fourth-order valence-corrected chi connectivity index (χ4v) is 3.76. The third-order valence-corrected chi connectivity index (χ3v) is 5.39. The Morgan fingerprint density at radius 3 is 2.73 bits per heavy atom. The SMILES string of the molecule is COc1ccc2cc(-c3ccnc(NCCN(C)C)n3)cc(N3CCNCC3)c2c1. The molecule has 0 saturated carbocycles. The number of aromatic nitrogens is 2. The van der Waals surface area contributed by atoms with E-state index in [1.165, 1.54) is 16.5 Å². The van der Waals surface area contributed by atoms with E-state index in [-0.39, 0.29) is 0 Å². The van der Waals surface area contributed by atoms with Crippen molar-refractivity contribution >= 4 is 22.4 Å². The Bertz CT molecular complexity index is 1000. The number of anilines is 2. The van der Waals surface area contributed by atoms with Crippen molar-refractivity contribution in [3.05, 3.63) is 42.6 Å². The van der Waals surface area contributed by atoms with Crippen LogP contribution in [0.25, 0.3) is 22.0 Å². The summed E-state index contributed by atoms with van der Waals surface area (Å²) in [5, 5.41) is 9.14. The molecule has 0 spiro atoms. The second kappa shape index (κ2) is 9.28. The highest BCUT2D eigenvalue weighted by molar-refractivity contribution is 5.98. The molecule has 158 valence electrons. The zero-order valence-electron chi connectivity index (χ0n) is 18.0. The summed E-state index contributed by atoms with van der Waals surface area (Å²) < 4.78 is 5.49. The van der Waals surface area contributed by atoms with E-state index in [4.69, 9.17) is 9.72 Å². The van der Waals surface area contributed by atoms with Gasteiger partial charge in [0, 0.05) is 62.1 Å². The quantitative estimate of drug-likeness (QED) is 0.625. The van der Waals surface area contributed by atoms with Gasteiger partial charge in [0.1, 0.15) is 5.75 Å². The highest BCUT2D eigenvalue weighted by atomic mass is 16.5. The van der Waals surface area contributed by atoms with E-state index in [0.717, 1.165) is 56.3 Å². The number of nitrogens with one attached hydrogen (secondary N) is 2. The van der Waals surface area contributed by atoms with E-state index in [9.17, 15) is 0 Å². The fourth-order valence-electron chi connectivity index (χ4n) is 3.76. The van der Waals surface area contributed by atoms with Crippen LogP contribution in [-0.4, -0.2) is 75.3 Å². The zero-order valence-corrected chi connectivity index (χ0v) is 18.0. The first-order chi connectivity index (χ1) is 14.6. The van der Waals surface area contributed by atoms with Crippen molar-refractivity contribution < 1.29 is 4.74 Å². The van der Waals surface area contributed by atoms with Crippen LogP contribution in [0.4, 0.5) is 11.6 Å². The lowest BCUT2D eigenvalue weighted by atomic mass is 10.0. The number of fused-ring (bicyclic) bond motifs is 1. The van der Waals surface area contributed by atoms with Crippen LogP contribution in [0.1, 0.15) is 0 Å². The van der Waals surface area contributed by atoms with Gasteiger partial charge >= 0.3 is 0 Å². The van der Waals surface area contributed by atoms with E-state index < -0.39 is 0 Å². The van der Waals surface area contributed by atoms with Gasteiger partial charge < -0.3 is 25.2 Å². The number of hydrogen-bond acceptors (Lipinski definition) is 7. The molecule has 2 aromatic carbocycles. The Morgan fingerprint density at radius 2 is 1.97 bits per heavy atom. The predicted octanol–water partition coefficient (Wildman–Crippen LogP) is 2.69. The van der Waals surface area contributed by atoms with Crippen LogP contribution in [0.5, 0.6) is 5.75 Å². The fraction of sp³-hybridized carbons (Fsp3) is 0.391. The van der Waals surface area contributed by atoms with Crippen LogP contribution >= 0.6 is 0 Å². The molecule has 1 saturated heterocycles. The number of nitrogens with zero attached hydrogens (tertiary/aromatic N) is 4. The van der Waals surface area contributed by atoms with Gasteiger partial charge in [-0.3, -0.25) is 0 Å². The maximum absolute atomic E-state index is 5.49. The van der Waals surface area contributed by atoms with E-state index in [0.29, 0.717) is 5.95 Å². The second-order valence-electron chi connectivity index (χ2n) is 7.82. The minimum atomic E-state index is 0.660. The van der Waals surface area contributed by atoms with Gasteiger partial charge in [0.25, 0.3) is 0 Å². The molecular weight excluding hydrogens is 376 g/mol. The summed E-state index contributed by atoms with van der Waals surface area (Å²) in [6, 6.07) is 12.7. The molecule has 0 unspecified atom stereocenters. The Kier molecular flexibility index (Phi) is 6.30. The molecule has 0 radical (unpaired) electrons. The van der Waals surface area contributed by atoms with Gasteiger partial charge in [0.2, 0.25) is 5.95 Å². The lowest BCUT2D eigenvalue weighted by Crippen LogP contribution is -2.43. The van der Waals surface area contributed by atoms with Gasteiger partial charge in [0.15, 0.2) is 0 Å². The molecule has 3 aromatic rings. The van der Waals surface area contributed by atoms with Crippen LogP contribution in [-0.2, 0) is 0 Å². The number of likely N-dealkylation sites (N-methyl/N-ethyl adjacent to an activating group) is 1. The van der Waals surface area contributed by atoms with Crippen molar-refractivity contribution in [3.63, 3.8) is 0 Å². The highest BCUT2D eigenvalue weighted by Crippen LogP contribution is 2.35. The Hall–Kier alpha value is -2.90. The van der Waals surface area contributed by atoms with Crippen LogP contribution in [0.3, 0.4) is 0 Å². The maximum Gasteiger partial charge on any atom is 0.223 e. The Morgan fingerprint density at radius 1 is 1.13 bits per heavy atom. The maximum atomic E-state index is 5.49. The molecule has 1 aliphatic heterocycles. The minimum absolute atomic E-state index is 0.660. The normalized spacial score (nSPS) is 14.3. The smallest absolute Gasteiger partial charge is 0.223 e. The summed E-state index contributed by atoms with van der Waals surface area (Å²) >= 11 is 0. The number of methoxy groups -OCH3 is 1. The molecule has 0 amide bonds. The van der Waals surface area contributed by atoms with E-state index >= 15 is 0 Å². The van der Waals surface area contributed by atoms with Crippen molar-refractivity contribution in [3.8, 4) is 17.0 Å². The molecular formula is C23H30N6O. The van der Waals surface area contributed by atoms with Crippen molar-refractivity contribution in [2.45, 2.75) is 0 Å². The lowest BCUT2D eigenvalue weighted by Gasteiger charge is -2.31. The molecule has 2 heterocycles. The molecule has 1 aliphatic rings. The highest BCUT2D eigenvalue weighted by Gasteiger charge is 2.16. The average molecular weight is 407 g/mol. The molecule has 2 N–H and O–H groups in total. The molecule has 4 rings (SSSR count). The van der Waals surface area contributed by atoms with Crippen molar-refractivity contribution in [1.82, 2.24) is 20.2 Å². The van der Waals surface area contributed by atoms with E-state index in [1.54, 1.807) is 7.11 Å². The molecule has 0 aliphatic carbocycles. The van der Waals surface area contributed by atoms with Gasteiger partial charge in [-0.25, -0.2) is 9.97 Å². The number of hydrogen-bond donors (Lipinski definition) is 2. The topological polar surface area (TPSA) is 65.5 Å². The van der Waals surface area contributed by atoms with Crippen molar-refractivity contribution in [2.24, 2.45) is 0 Å². The van der Waals surface area contributed by atoms with Crippen molar-refractivity contribution in [2.75, 3.05) is 70.7 Å².